The van der Waals surface area contributed by atoms with E-state index < -0.39 is 0 Å². The van der Waals surface area contributed by atoms with Gasteiger partial charge < -0.3 is 4.57 Å². The largest absolute Gasteiger partial charge is 0.309 e. The Kier molecular flexibility index (Phi) is 6.86. The molecule has 54 heavy (non-hydrogen) atoms. The van der Waals surface area contributed by atoms with Crippen LogP contribution in [0.2, 0.25) is 0 Å². The summed E-state index contributed by atoms with van der Waals surface area (Å²) in [4.78, 5) is 5.36. The van der Waals surface area contributed by atoms with Crippen LogP contribution in [0.15, 0.2) is 200 Å². The molecule has 11 aromatic rings. The predicted molar refractivity (Wildman–Crippen MR) is 227 cm³/mol. The Labute approximate surface area is 312 Å². The van der Waals surface area contributed by atoms with Crippen molar-refractivity contribution in [3.63, 3.8) is 0 Å². The molecule has 0 unspecified atom stereocenters. The molecule has 0 fully saturated rings. The number of para-hydroxylation sites is 2. The molecular formula is C51H33N3. The Morgan fingerprint density at radius 2 is 0.870 bits per heavy atom. The lowest BCUT2D eigenvalue weighted by atomic mass is 10.0. The maximum atomic E-state index is 5.36. The average molecular weight is 688 g/mol. The molecular weight excluding hydrogens is 655 g/mol. The van der Waals surface area contributed by atoms with E-state index in [1.54, 1.807) is 0 Å². The van der Waals surface area contributed by atoms with E-state index in [1.165, 1.54) is 54.6 Å². The molecule has 252 valence electrons. The van der Waals surface area contributed by atoms with Crippen LogP contribution in [-0.4, -0.2) is 14.1 Å². The summed E-state index contributed by atoms with van der Waals surface area (Å²) in [7, 11) is 0. The van der Waals surface area contributed by atoms with Crippen LogP contribution >= 0.6 is 0 Å². The Hall–Kier alpha value is -7.23. The first-order valence-corrected chi connectivity index (χ1v) is 18.5. The molecule has 0 aliphatic carbocycles. The maximum Gasteiger partial charge on any atom is 0.138 e. The first-order chi connectivity index (χ1) is 26.8. The minimum Gasteiger partial charge on any atom is -0.309 e. The van der Waals surface area contributed by atoms with Gasteiger partial charge in [0.15, 0.2) is 0 Å². The van der Waals surface area contributed by atoms with Crippen LogP contribution in [0, 0.1) is 0 Å². The van der Waals surface area contributed by atoms with E-state index in [0.29, 0.717) is 0 Å². The zero-order valence-electron chi connectivity index (χ0n) is 29.4. The summed E-state index contributed by atoms with van der Waals surface area (Å²) in [6.45, 7) is 0. The Morgan fingerprint density at radius 1 is 0.296 bits per heavy atom. The van der Waals surface area contributed by atoms with Crippen LogP contribution in [0.25, 0.3) is 99.4 Å². The third kappa shape index (κ3) is 4.79. The van der Waals surface area contributed by atoms with Gasteiger partial charge in [-0.3, -0.25) is 4.57 Å². The summed E-state index contributed by atoms with van der Waals surface area (Å²) >= 11 is 0. The Morgan fingerprint density at radius 3 is 1.67 bits per heavy atom. The van der Waals surface area contributed by atoms with Crippen LogP contribution in [-0.2, 0) is 0 Å². The highest BCUT2D eigenvalue weighted by Crippen LogP contribution is 2.40. The van der Waals surface area contributed by atoms with Gasteiger partial charge >= 0.3 is 0 Å². The number of rotatable bonds is 5. The number of pyridine rings is 1. The van der Waals surface area contributed by atoms with Gasteiger partial charge in [0.25, 0.3) is 0 Å². The first-order valence-electron chi connectivity index (χ1n) is 18.5. The number of fused-ring (bicyclic) bond motifs is 7. The van der Waals surface area contributed by atoms with Crippen LogP contribution in [0.4, 0.5) is 0 Å². The number of hydrogen-bond donors (Lipinski definition) is 0. The zero-order valence-corrected chi connectivity index (χ0v) is 29.4. The van der Waals surface area contributed by atoms with Gasteiger partial charge in [0.05, 0.1) is 33.4 Å². The van der Waals surface area contributed by atoms with Gasteiger partial charge in [-0.25, -0.2) is 4.98 Å². The molecule has 0 saturated carbocycles. The lowest BCUT2D eigenvalue weighted by Gasteiger charge is -2.13. The molecule has 0 aliphatic rings. The molecule has 8 aromatic carbocycles. The van der Waals surface area contributed by atoms with Crippen molar-refractivity contribution >= 4 is 54.4 Å². The fourth-order valence-corrected chi connectivity index (χ4v) is 8.40. The Balaban J connectivity index is 1.13. The summed E-state index contributed by atoms with van der Waals surface area (Å²) in [5.74, 6) is 0.896. The fourth-order valence-electron chi connectivity index (χ4n) is 8.40. The number of nitrogens with zero attached hydrogens (tertiary/aromatic N) is 3. The van der Waals surface area contributed by atoms with Crippen molar-refractivity contribution in [3.8, 4) is 45.0 Å². The van der Waals surface area contributed by atoms with Gasteiger partial charge in [0.2, 0.25) is 0 Å². The van der Waals surface area contributed by atoms with Crippen molar-refractivity contribution in [1.29, 1.82) is 0 Å². The molecule has 0 spiro atoms. The van der Waals surface area contributed by atoms with Gasteiger partial charge in [0, 0.05) is 32.5 Å². The number of aromatic nitrogens is 3. The summed E-state index contributed by atoms with van der Waals surface area (Å²) in [5.41, 5.74) is 12.5. The molecule has 11 rings (SSSR count). The second-order valence-electron chi connectivity index (χ2n) is 14.0. The second-order valence-corrected chi connectivity index (χ2v) is 14.0. The molecule has 0 atom stereocenters. The van der Waals surface area contributed by atoms with E-state index in [9.17, 15) is 0 Å². The molecule has 0 N–H and O–H groups in total. The number of benzene rings is 8. The molecule has 3 heterocycles. The lowest BCUT2D eigenvalue weighted by Crippen LogP contribution is -2.00. The predicted octanol–water partition coefficient (Wildman–Crippen LogP) is 13.4. The second kappa shape index (κ2) is 12.2. The standard InChI is InChI=1S/C51H33N3/c1-3-14-34(15-4-1)39-31-45(36-17-5-2-6-18-36)52-51(33-39)54-48-24-12-9-21-41(48)43-28-26-38(32-50(43)54)37-27-29-49-44(30-37)42-22-10-11-23-47(42)53(49)46-25-13-19-35-16-7-8-20-40(35)46/h1-33H. The highest BCUT2D eigenvalue weighted by atomic mass is 15.1. The minimum atomic E-state index is 0.896. The molecule has 0 radical (unpaired) electrons. The number of hydrogen-bond acceptors (Lipinski definition) is 1. The fraction of sp³-hybridized carbons (Fsp3) is 0. The van der Waals surface area contributed by atoms with Gasteiger partial charge in [-0.05, 0) is 76.2 Å². The third-order valence-electron chi connectivity index (χ3n) is 10.9. The van der Waals surface area contributed by atoms with Crippen molar-refractivity contribution in [1.82, 2.24) is 14.1 Å². The van der Waals surface area contributed by atoms with Gasteiger partial charge in [-0.15, -0.1) is 0 Å². The molecule has 0 saturated heterocycles. The summed E-state index contributed by atoms with van der Waals surface area (Å²) in [6.07, 6.45) is 0. The Bertz CT molecular complexity index is 3140. The van der Waals surface area contributed by atoms with Crippen LogP contribution < -0.4 is 0 Å². The summed E-state index contributed by atoms with van der Waals surface area (Å²) in [5, 5.41) is 7.37. The van der Waals surface area contributed by atoms with Crippen LogP contribution in [0.3, 0.4) is 0 Å². The highest BCUT2D eigenvalue weighted by Gasteiger charge is 2.18. The molecule has 0 amide bonds. The van der Waals surface area contributed by atoms with E-state index in [4.69, 9.17) is 4.98 Å². The maximum absolute atomic E-state index is 5.36. The van der Waals surface area contributed by atoms with E-state index in [0.717, 1.165) is 44.8 Å². The van der Waals surface area contributed by atoms with E-state index in [1.807, 2.05) is 0 Å². The summed E-state index contributed by atoms with van der Waals surface area (Å²) < 4.78 is 4.77. The SMILES string of the molecule is c1ccc(-c2cc(-c3ccccc3)nc(-n3c4ccccc4c4ccc(-c5ccc6c(c5)c5ccccc5n6-c5cccc6ccccc56)cc43)c2)cc1. The average Bonchev–Trinajstić information content (AvgIpc) is 3.76. The minimum absolute atomic E-state index is 0.896. The topological polar surface area (TPSA) is 22.8 Å². The summed E-state index contributed by atoms with van der Waals surface area (Å²) in [6, 6.07) is 72.1. The highest BCUT2D eigenvalue weighted by molar-refractivity contribution is 6.13. The van der Waals surface area contributed by atoms with Crippen LogP contribution in [0.1, 0.15) is 0 Å². The lowest BCUT2D eigenvalue weighted by molar-refractivity contribution is 1.08. The van der Waals surface area contributed by atoms with E-state index in [2.05, 4.69) is 209 Å². The normalized spacial score (nSPS) is 11.7. The third-order valence-corrected chi connectivity index (χ3v) is 10.9. The zero-order chi connectivity index (χ0) is 35.6. The quantitative estimate of drug-likeness (QED) is 0.177. The van der Waals surface area contributed by atoms with E-state index in [-0.39, 0.29) is 0 Å². The van der Waals surface area contributed by atoms with Gasteiger partial charge in [-0.1, -0.05) is 152 Å². The molecule has 3 heteroatoms. The molecule has 0 bridgehead atoms. The van der Waals surface area contributed by atoms with E-state index >= 15 is 0 Å². The smallest absolute Gasteiger partial charge is 0.138 e. The molecule has 3 nitrogen and oxygen atoms in total. The van der Waals surface area contributed by atoms with Crippen molar-refractivity contribution in [3.05, 3.63) is 200 Å². The van der Waals surface area contributed by atoms with Crippen LogP contribution in [0.5, 0.6) is 0 Å². The van der Waals surface area contributed by atoms with Crippen molar-refractivity contribution in [2.45, 2.75) is 0 Å². The monoisotopic (exact) mass is 687 g/mol. The van der Waals surface area contributed by atoms with Crippen molar-refractivity contribution in [2.75, 3.05) is 0 Å². The van der Waals surface area contributed by atoms with Gasteiger partial charge in [0.1, 0.15) is 5.82 Å². The van der Waals surface area contributed by atoms with Crippen molar-refractivity contribution < 1.29 is 0 Å². The van der Waals surface area contributed by atoms with Gasteiger partial charge in [-0.2, -0.15) is 0 Å². The van der Waals surface area contributed by atoms with Crippen molar-refractivity contribution in [2.24, 2.45) is 0 Å². The molecule has 0 aliphatic heterocycles. The first kappa shape index (κ1) is 30.4. The molecule has 3 aromatic heterocycles.